The lowest BCUT2D eigenvalue weighted by atomic mass is 9.51. The normalized spacial score (nSPS) is 43.9. The molecule has 68 valence electrons. The maximum absolute atomic E-state index is 11.1. The summed E-state index contributed by atoms with van der Waals surface area (Å²) in [7, 11) is 1.85. The summed E-state index contributed by atoms with van der Waals surface area (Å²) < 4.78 is 0. The van der Waals surface area contributed by atoms with Crippen LogP contribution >= 0.6 is 0 Å². The van der Waals surface area contributed by atoms with Gasteiger partial charge in [-0.05, 0) is 19.3 Å². The van der Waals surface area contributed by atoms with Gasteiger partial charge >= 0.3 is 0 Å². The summed E-state index contributed by atoms with van der Waals surface area (Å²) in [5.41, 5.74) is 0.0469. The molecule has 0 aromatic carbocycles. The van der Waals surface area contributed by atoms with E-state index in [0.717, 1.165) is 19.3 Å². The number of aliphatic hydroxyl groups excluding tert-OH is 1. The largest absolute Gasteiger partial charge is 0.393 e. The van der Waals surface area contributed by atoms with E-state index in [1.54, 1.807) is 6.92 Å². The number of hydrogen-bond acceptors (Lipinski definition) is 2. The van der Waals surface area contributed by atoms with Crippen LogP contribution in [-0.4, -0.2) is 34.6 Å². The highest BCUT2D eigenvalue weighted by molar-refractivity contribution is 5.74. The number of carbonyl (C=O) groups is 1. The Labute approximate surface area is 72.4 Å². The highest BCUT2D eigenvalue weighted by atomic mass is 16.3. The predicted molar refractivity (Wildman–Crippen MR) is 44.5 cm³/mol. The summed E-state index contributed by atoms with van der Waals surface area (Å²) in [5.74, 6) is 0.484. The van der Waals surface area contributed by atoms with Crippen LogP contribution in [0.4, 0.5) is 0 Å². The summed E-state index contributed by atoms with van der Waals surface area (Å²) in [6.45, 7) is 1.59. The van der Waals surface area contributed by atoms with Gasteiger partial charge in [-0.25, -0.2) is 0 Å². The smallest absolute Gasteiger partial charge is 0.219 e. The third-order valence-electron chi connectivity index (χ3n) is 3.75. The van der Waals surface area contributed by atoms with Gasteiger partial charge in [-0.3, -0.25) is 4.79 Å². The Balaban J connectivity index is 2.09. The molecular weight excluding hydrogens is 154 g/mol. The number of rotatable bonds is 1. The van der Waals surface area contributed by atoms with E-state index in [9.17, 15) is 9.90 Å². The molecule has 0 aromatic heterocycles. The molecule has 2 aliphatic carbocycles. The van der Waals surface area contributed by atoms with Gasteiger partial charge in [0.05, 0.1) is 11.6 Å². The van der Waals surface area contributed by atoms with Crippen LogP contribution < -0.4 is 0 Å². The molecule has 3 heteroatoms. The van der Waals surface area contributed by atoms with Crippen molar-refractivity contribution >= 4 is 5.91 Å². The molecule has 2 aliphatic rings. The zero-order valence-electron chi connectivity index (χ0n) is 7.58. The van der Waals surface area contributed by atoms with Crippen molar-refractivity contribution in [3.8, 4) is 0 Å². The maximum atomic E-state index is 11.1. The number of amides is 1. The molecule has 12 heavy (non-hydrogen) atoms. The lowest BCUT2D eigenvalue weighted by molar-refractivity contribution is -0.194. The molecule has 0 aromatic rings. The highest BCUT2D eigenvalue weighted by Crippen LogP contribution is 2.56. The third kappa shape index (κ3) is 0.724. The minimum Gasteiger partial charge on any atom is -0.393 e. The van der Waals surface area contributed by atoms with Crippen LogP contribution in [0.5, 0.6) is 0 Å². The molecule has 0 radical (unpaired) electrons. The van der Waals surface area contributed by atoms with E-state index in [2.05, 4.69) is 0 Å². The average molecular weight is 169 g/mol. The Hall–Kier alpha value is -0.570. The maximum Gasteiger partial charge on any atom is 0.219 e. The van der Waals surface area contributed by atoms with E-state index in [0.29, 0.717) is 5.92 Å². The zero-order chi connectivity index (χ0) is 8.93. The van der Waals surface area contributed by atoms with Crippen molar-refractivity contribution in [3.05, 3.63) is 0 Å². The molecule has 2 fully saturated rings. The highest BCUT2D eigenvalue weighted by Gasteiger charge is 2.62. The molecule has 1 amide bonds. The van der Waals surface area contributed by atoms with Gasteiger partial charge in [0, 0.05) is 19.9 Å². The van der Waals surface area contributed by atoms with Crippen LogP contribution in [0.25, 0.3) is 0 Å². The number of nitrogens with zero attached hydrogens (tertiary/aromatic N) is 1. The van der Waals surface area contributed by atoms with Gasteiger partial charge in [0.2, 0.25) is 5.91 Å². The van der Waals surface area contributed by atoms with Crippen LogP contribution in [0.3, 0.4) is 0 Å². The third-order valence-corrected chi connectivity index (χ3v) is 3.75. The van der Waals surface area contributed by atoms with Crippen LogP contribution in [0, 0.1) is 5.92 Å². The quantitative estimate of drug-likeness (QED) is 0.616. The topological polar surface area (TPSA) is 40.5 Å². The Morgan fingerprint density at radius 2 is 2.33 bits per heavy atom. The number of carbonyl (C=O) groups excluding carboxylic acids is 1. The standard InChI is InChI=1S/C9H15NO2/c1-6(11)10(2)9-4-3-7(9)8(12)5-9/h7-8,12H,3-5H2,1-2H3. The van der Waals surface area contributed by atoms with Crippen LogP contribution in [0.2, 0.25) is 0 Å². The van der Waals surface area contributed by atoms with E-state index in [1.807, 2.05) is 11.9 Å². The summed E-state index contributed by atoms with van der Waals surface area (Å²) >= 11 is 0. The molecule has 0 spiro atoms. The molecule has 3 atom stereocenters. The molecular formula is C9H15NO2. The molecule has 2 rings (SSSR count). The van der Waals surface area contributed by atoms with Crippen molar-refractivity contribution in [1.29, 1.82) is 0 Å². The molecule has 3 unspecified atom stereocenters. The van der Waals surface area contributed by atoms with Gasteiger partial charge in [0.1, 0.15) is 0 Å². The second-order valence-corrected chi connectivity index (χ2v) is 4.10. The van der Waals surface area contributed by atoms with Gasteiger partial charge in [-0.15, -0.1) is 0 Å². The van der Waals surface area contributed by atoms with E-state index in [1.165, 1.54) is 0 Å². The van der Waals surface area contributed by atoms with Crippen molar-refractivity contribution < 1.29 is 9.90 Å². The van der Waals surface area contributed by atoms with Crippen molar-refractivity contribution in [2.45, 2.75) is 37.8 Å². The van der Waals surface area contributed by atoms with Crippen molar-refractivity contribution in [3.63, 3.8) is 0 Å². The average Bonchev–Trinajstić information content (AvgIpc) is 1.97. The number of fused-ring (bicyclic) bond motifs is 1. The summed E-state index contributed by atoms with van der Waals surface area (Å²) in [6.07, 6.45) is 2.79. The van der Waals surface area contributed by atoms with Gasteiger partial charge in [-0.1, -0.05) is 0 Å². The first kappa shape index (κ1) is 8.05. The molecule has 0 saturated heterocycles. The lowest BCUT2D eigenvalue weighted by Gasteiger charge is -2.64. The number of hydrogen-bond donors (Lipinski definition) is 1. The minimum atomic E-state index is -0.152. The first-order chi connectivity index (χ1) is 5.58. The zero-order valence-corrected chi connectivity index (χ0v) is 7.58. The SMILES string of the molecule is CC(=O)N(C)C12CCC1C(O)C2. The van der Waals surface area contributed by atoms with Crippen LogP contribution in [-0.2, 0) is 4.79 Å². The summed E-state index contributed by atoms with van der Waals surface area (Å²) in [4.78, 5) is 12.9. The monoisotopic (exact) mass is 169 g/mol. The van der Waals surface area contributed by atoms with Gasteiger partial charge < -0.3 is 10.0 Å². The first-order valence-electron chi connectivity index (χ1n) is 4.50. The fourth-order valence-electron chi connectivity index (χ4n) is 2.66. The van der Waals surface area contributed by atoms with E-state index in [-0.39, 0.29) is 17.6 Å². The predicted octanol–water partition coefficient (Wildman–Crippen LogP) is 0.378. The minimum absolute atomic E-state index is 0.0469. The molecule has 2 saturated carbocycles. The van der Waals surface area contributed by atoms with Crippen LogP contribution in [0.15, 0.2) is 0 Å². The van der Waals surface area contributed by atoms with Gasteiger partial charge in [0.15, 0.2) is 0 Å². The Bertz CT molecular complexity index is 229. The number of aliphatic hydroxyl groups is 1. The van der Waals surface area contributed by atoms with Gasteiger partial charge in [0.25, 0.3) is 0 Å². The van der Waals surface area contributed by atoms with Crippen LogP contribution in [0.1, 0.15) is 26.2 Å². The van der Waals surface area contributed by atoms with E-state index >= 15 is 0 Å². The molecule has 0 heterocycles. The Morgan fingerprint density at radius 1 is 1.67 bits per heavy atom. The molecule has 1 N–H and O–H groups in total. The van der Waals surface area contributed by atoms with Crippen molar-refractivity contribution in [2.75, 3.05) is 7.05 Å². The lowest BCUT2D eigenvalue weighted by Crippen LogP contribution is -2.72. The second-order valence-electron chi connectivity index (χ2n) is 4.10. The summed E-state index contributed by atoms with van der Waals surface area (Å²) in [6, 6.07) is 0. The fraction of sp³-hybridized carbons (Fsp3) is 0.889. The Morgan fingerprint density at radius 3 is 2.58 bits per heavy atom. The van der Waals surface area contributed by atoms with Crippen molar-refractivity contribution in [1.82, 2.24) is 4.90 Å². The molecule has 0 aliphatic heterocycles. The van der Waals surface area contributed by atoms with Crippen molar-refractivity contribution in [2.24, 2.45) is 5.92 Å². The molecule has 0 bridgehead atoms. The van der Waals surface area contributed by atoms with Gasteiger partial charge in [-0.2, -0.15) is 0 Å². The van der Waals surface area contributed by atoms with E-state index < -0.39 is 0 Å². The second kappa shape index (κ2) is 2.22. The summed E-state index contributed by atoms with van der Waals surface area (Å²) in [5, 5.41) is 9.40. The molecule has 3 nitrogen and oxygen atoms in total. The van der Waals surface area contributed by atoms with E-state index in [4.69, 9.17) is 0 Å². The Kier molecular flexibility index (Phi) is 1.49. The first-order valence-corrected chi connectivity index (χ1v) is 4.50. The fourth-order valence-corrected chi connectivity index (χ4v) is 2.66.